The molecule has 92 valence electrons. The van der Waals surface area contributed by atoms with Crippen LogP contribution in [0.1, 0.15) is 18.5 Å². The van der Waals surface area contributed by atoms with Gasteiger partial charge in [0.25, 0.3) is 0 Å². The number of aromatic nitrogens is 1. The first-order chi connectivity index (χ1) is 8.20. The van der Waals surface area contributed by atoms with Crippen molar-refractivity contribution in [2.45, 2.75) is 12.8 Å². The minimum absolute atomic E-state index is 0.00269. The molecule has 2 heterocycles. The van der Waals surface area contributed by atoms with Gasteiger partial charge in [-0.2, -0.15) is 0 Å². The number of amidine groups is 1. The first kappa shape index (κ1) is 11.9. The molecular weight excluding hydrogens is 216 g/mol. The summed E-state index contributed by atoms with van der Waals surface area (Å²) >= 11 is 0. The van der Waals surface area contributed by atoms with Gasteiger partial charge in [0.05, 0.1) is 0 Å². The smallest absolute Gasteiger partial charge is 0.141 e. The van der Waals surface area contributed by atoms with Gasteiger partial charge < -0.3 is 15.7 Å². The molecule has 5 heteroatoms. The molecule has 0 saturated carbocycles. The van der Waals surface area contributed by atoms with Gasteiger partial charge in [0.15, 0.2) is 0 Å². The molecule has 4 N–H and O–H groups in total. The summed E-state index contributed by atoms with van der Waals surface area (Å²) in [6.45, 7) is 2.15. The number of hydrogen-bond acceptors (Lipinski definition) is 4. The maximum absolute atomic E-state index is 9.09. The molecule has 1 aliphatic rings. The SMILES string of the molecule is N=C(N)c1cc(N2CCC(CO)CC2)ccn1. The zero-order valence-corrected chi connectivity index (χ0v) is 9.76. The summed E-state index contributed by atoms with van der Waals surface area (Å²) in [5.74, 6) is 0.428. The Balaban J connectivity index is 2.08. The molecule has 0 radical (unpaired) electrons. The monoisotopic (exact) mass is 234 g/mol. The molecule has 0 bridgehead atoms. The number of pyridine rings is 1. The van der Waals surface area contributed by atoms with E-state index in [4.69, 9.17) is 16.2 Å². The van der Waals surface area contributed by atoms with Crippen molar-refractivity contribution in [3.05, 3.63) is 24.0 Å². The average Bonchev–Trinajstić information content (AvgIpc) is 2.39. The highest BCUT2D eigenvalue weighted by atomic mass is 16.3. The van der Waals surface area contributed by atoms with Crippen molar-refractivity contribution in [3.63, 3.8) is 0 Å². The third-order valence-electron chi connectivity index (χ3n) is 3.26. The van der Waals surface area contributed by atoms with Crippen LogP contribution in [0.25, 0.3) is 0 Å². The van der Waals surface area contributed by atoms with Crippen LogP contribution in [-0.4, -0.2) is 35.6 Å². The van der Waals surface area contributed by atoms with E-state index >= 15 is 0 Å². The zero-order chi connectivity index (χ0) is 12.3. The normalized spacial score (nSPS) is 17.1. The number of nitrogens with zero attached hydrogens (tertiary/aromatic N) is 2. The number of aliphatic hydroxyl groups is 1. The number of nitrogen functional groups attached to an aromatic ring is 1. The van der Waals surface area contributed by atoms with Crippen LogP contribution >= 0.6 is 0 Å². The van der Waals surface area contributed by atoms with Crippen LogP contribution in [0, 0.1) is 11.3 Å². The number of anilines is 1. The van der Waals surface area contributed by atoms with Gasteiger partial charge in [0.2, 0.25) is 0 Å². The standard InChI is InChI=1S/C12H18N4O/c13-12(14)11-7-10(1-4-15-11)16-5-2-9(8-17)3-6-16/h1,4,7,9,17H,2-3,5-6,8H2,(H3,13,14). The number of nitrogens with one attached hydrogen (secondary N) is 1. The largest absolute Gasteiger partial charge is 0.396 e. The fourth-order valence-electron chi connectivity index (χ4n) is 2.14. The fourth-order valence-corrected chi connectivity index (χ4v) is 2.14. The molecular formula is C12H18N4O. The highest BCUT2D eigenvalue weighted by molar-refractivity contribution is 5.93. The van der Waals surface area contributed by atoms with Gasteiger partial charge in [-0.1, -0.05) is 0 Å². The van der Waals surface area contributed by atoms with Crippen LogP contribution in [0.3, 0.4) is 0 Å². The quantitative estimate of drug-likeness (QED) is 0.527. The van der Waals surface area contributed by atoms with Crippen LogP contribution in [-0.2, 0) is 0 Å². The number of piperidine rings is 1. The molecule has 0 aliphatic carbocycles. The molecule has 1 fully saturated rings. The minimum atomic E-state index is -0.00269. The van der Waals surface area contributed by atoms with E-state index in [9.17, 15) is 0 Å². The maximum Gasteiger partial charge on any atom is 0.141 e. The summed E-state index contributed by atoms with van der Waals surface area (Å²) in [5, 5.41) is 16.5. The molecule has 17 heavy (non-hydrogen) atoms. The van der Waals surface area contributed by atoms with Gasteiger partial charge in [-0.05, 0) is 30.9 Å². The van der Waals surface area contributed by atoms with Crippen molar-refractivity contribution in [2.24, 2.45) is 11.7 Å². The van der Waals surface area contributed by atoms with Crippen molar-refractivity contribution in [2.75, 3.05) is 24.6 Å². The molecule has 1 saturated heterocycles. The molecule has 0 aromatic carbocycles. The van der Waals surface area contributed by atoms with Crippen molar-refractivity contribution < 1.29 is 5.11 Å². The highest BCUT2D eigenvalue weighted by Crippen LogP contribution is 2.22. The van der Waals surface area contributed by atoms with E-state index in [2.05, 4.69) is 9.88 Å². The summed E-state index contributed by atoms with van der Waals surface area (Å²) in [6, 6.07) is 3.79. The molecule has 1 aromatic heterocycles. The Morgan fingerprint density at radius 2 is 2.24 bits per heavy atom. The van der Waals surface area contributed by atoms with Crippen LogP contribution in [0.15, 0.2) is 18.3 Å². The lowest BCUT2D eigenvalue weighted by atomic mass is 9.97. The molecule has 0 unspecified atom stereocenters. The summed E-state index contributed by atoms with van der Waals surface area (Å²) in [4.78, 5) is 6.30. The van der Waals surface area contributed by atoms with Crippen molar-refractivity contribution in [1.29, 1.82) is 5.41 Å². The van der Waals surface area contributed by atoms with Gasteiger partial charge in [-0.15, -0.1) is 0 Å². The second-order valence-corrected chi connectivity index (χ2v) is 4.43. The maximum atomic E-state index is 9.09. The average molecular weight is 234 g/mol. The Labute approximate surface area is 101 Å². The van der Waals surface area contributed by atoms with E-state index in [1.54, 1.807) is 6.20 Å². The number of hydrogen-bond donors (Lipinski definition) is 3. The van der Waals surface area contributed by atoms with Crippen LogP contribution in [0.2, 0.25) is 0 Å². The molecule has 0 atom stereocenters. The Morgan fingerprint density at radius 1 is 1.53 bits per heavy atom. The van der Waals surface area contributed by atoms with Crippen LogP contribution in [0.4, 0.5) is 5.69 Å². The molecule has 1 aliphatic heterocycles. The topological polar surface area (TPSA) is 86.2 Å². The lowest BCUT2D eigenvalue weighted by Crippen LogP contribution is -2.34. The summed E-state index contributed by atoms with van der Waals surface area (Å²) < 4.78 is 0. The van der Waals surface area contributed by atoms with Gasteiger partial charge >= 0.3 is 0 Å². The van der Waals surface area contributed by atoms with Crippen LogP contribution < -0.4 is 10.6 Å². The lowest BCUT2D eigenvalue weighted by Gasteiger charge is -2.32. The number of nitrogens with two attached hydrogens (primary N) is 1. The zero-order valence-electron chi connectivity index (χ0n) is 9.76. The second kappa shape index (κ2) is 5.14. The van der Waals surface area contributed by atoms with Gasteiger partial charge in [-0.3, -0.25) is 10.4 Å². The highest BCUT2D eigenvalue weighted by Gasteiger charge is 2.19. The van der Waals surface area contributed by atoms with E-state index in [1.165, 1.54) is 0 Å². The summed E-state index contributed by atoms with van der Waals surface area (Å²) in [5.41, 5.74) is 7.00. The fraction of sp³-hybridized carbons (Fsp3) is 0.500. The van der Waals surface area contributed by atoms with Crippen LogP contribution in [0.5, 0.6) is 0 Å². The van der Waals surface area contributed by atoms with E-state index in [0.717, 1.165) is 31.6 Å². The van der Waals surface area contributed by atoms with Crippen molar-refractivity contribution in [1.82, 2.24) is 4.98 Å². The van der Waals surface area contributed by atoms with E-state index < -0.39 is 0 Å². The summed E-state index contributed by atoms with van der Waals surface area (Å²) in [6.07, 6.45) is 3.70. The molecule has 0 amide bonds. The predicted molar refractivity (Wildman–Crippen MR) is 67.3 cm³/mol. The van der Waals surface area contributed by atoms with Crippen molar-refractivity contribution in [3.8, 4) is 0 Å². The Kier molecular flexibility index (Phi) is 3.58. The Bertz CT molecular complexity index is 399. The molecule has 1 aromatic rings. The molecule has 0 spiro atoms. The number of rotatable bonds is 3. The molecule has 5 nitrogen and oxygen atoms in total. The van der Waals surface area contributed by atoms with E-state index in [0.29, 0.717) is 11.6 Å². The minimum Gasteiger partial charge on any atom is -0.396 e. The lowest BCUT2D eigenvalue weighted by molar-refractivity contribution is 0.203. The van der Waals surface area contributed by atoms with Gasteiger partial charge in [0, 0.05) is 31.6 Å². The predicted octanol–water partition coefficient (Wildman–Crippen LogP) is 0.574. The van der Waals surface area contributed by atoms with Gasteiger partial charge in [0.1, 0.15) is 11.5 Å². The third kappa shape index (κ3) is 2.74. The first-order valence-electron chi connectivity index (χ1n) is 5.87. The Hall–Kier alpha value is -1.62. The third-order valence-corrected chi connectivity index (χ3v) is 3.26. The first-order valence-corrected chi connectivity index (χ1v) is 5.87. The van der Waals surface area contributed by atoms with E-state index in [-0.39, 0.29) is 12.4 Å². The number of aliphatic hydroxyl groups excluding tert-OH is 1. The molecule has 2 rings (SSSR count). The van der Waals surface area contributed by atoms with Crippen molar-refractivity contribution >= 4 is 11.5 Å². The second-order valence-electron chi connectivity index (χ2n) is 4.43. The van der Waals surface area contributed by atoms with E-state index in [1.807, 2.05) is 12.1 Å². The summed E-state index contributed by atoms with van der Waals surface area (Å²) in [7, 11) is 0. The Morgan fingerprint density at radius 3 is 2.82 bits per heavy atom. The van der Waals surface area contributed by atoms with Gasteiger partial charge in [-0.25, -0.2) is 0 Å².